The molecule has 0 radical (unpaired) electrons. The molecule has 4 aromatic rings. The van der Waals surface area contributed by atoms with Gasteiger partial charge in [0.2, 0.25) is 10.0 Å². The van der Waals surface area contributed by atoms with Crippen molar-refractivity contribution in [3.63, 3.8) is 0 Å². The standard InChI is InChI=1S/C28H33F2N7O4S/c1-34-24-20(11-18(13-22(24)41-2)27(38)35-10-4-5-19(31)15-35)32-26(34)21-12-17-8-9-23(37(28(29)30)42(3,39)40)33-25(17)36(21)14-16-6-7-16/h8-9,11-13,16,19,28H,4-7,10,14-15,31H2,1-3H3/t19-/m1/s1. The van der Waals surface area contributed by atoms with Crippen molar-refractivity contribution in [1.82, 2.24) is 24.0 Å². The number of sulfonamides is 1. The second-order valence-electron chi connectivity index (χ2n) is 11.2. The van der Waals surface area contributed by atoms with Gasteiger partial charge in [-0.1, -0.05) is 0 Å². The van der Waals surface area contributed by atoms with Crippen molar-refractivity contribution in [2.45, 2.75) is 44.8 Å². The van der Waals surface area contributed by atoms with E-state index in [1.807, 2.05) is 22.2 Å². The number of aromatic nitrogens is 4. The fourth-order valence-electron chi connectivity index (χ4n) is 5.78. The molecule has 1 aliphatic carbocycles. The van der Waals surface area contributed by atoms with Gasteiger partial charge in [-0.05, 0) is 61.9 Å². The summed E-state index contributed by atoms with van der Waals surface area (Å²) in [6, 6.07) is 8.16. The number of amides is 1. The highest BCUT2D eigenvalue weighted by Gasteiger charge is 2.31. The SMILES string of the molecule is COc1cc(C(=O)N2CCC[C@@H](N)C2)cc2nc(-c3cc4ccc(N(C(F)F)S(C)(=O)=O)nc4n3CC3CC3)n(C)c12. The smallest absolute Gasteiger partial charge is 0.329 e. The van der Waals surface area contributed by atoms with E-state index in [0.29, 0.717) is 70.5 Å². The lowest BCUT2D eigenvalue weighted by atomic mass is 10.0. The minimum atomic E-state index is -4.27. The monoisotopic (exact) mass is 601 g/mol. The van der Waals surface area contributed by atoms with E-state index in [4.69, 9.17) is 15.5 Å². The Kier molecular flexibility index (Phi) is 7.08. The first-order chi connectivity index (χ1) is 20.0. The van der Waals surface area contributed by atoms with Crippen LogP contribution in [0.3, 0.4) is 0 Å². The van der Waals surface area contributed by atoms with Crippen LogP contribution in [-0.4, -0.2) is 77.4 Å². The van der Waals surface area contributed by atoms with Gasteiger partial charge >= 0.3 is 6.55 Å². The predicted octanol–water partition coefficient (Wildman–Crippen LogP) is 3.56. The second-order valence-corrected chi connectivity index (χ2v) is 13.1. The van der Waals surface area contributed by atoms with Crippen LogP contribution in [0.25, 0.3) is 33.6 Å². The molecule has 42 heavy (non-hydrogen) atoms. The Morgan fingerprint density at radius 2 is 1.95 bits per heavy atom. The number of anilines is 1. The summed E-state index contributed by atoms with van der Waals surface area (Å²) in [7, 11) is -0.880. The van der Waals surface area contributed by atoms with Gasteiger partial charge in [-0.2, -0.15) is 13.1 Å². The predicted molar refractivity (Wildman–Crippen MR) is 155 cm³/mol. The number of nitrogens with zero attached hydrogens (tertiary/aromatic N) is 6. The first-order valence-corrected chi connectivity index (χ1v) is 15.7. The number of alkyl halides is 2. The molecule has 0 bridgehead atoms. The molecule has 2 aliphatic rings. The minimum absolute atomic E-state index is 0.0221. The van der Waals surface area contributed by atoms with Gasteiger partial charge in [0.25, 0.3) is 5.91 Å². The number of piperidine rings is 1. The van der Waals surface area contributed by atoms with Gasteiger partial charge in [-0.3, -0.25) is 4.79 Å². The number of carbonyl (C=O) groups is 1. The van der Waals surface area contributed by atoms with Crippen LogP contribution in [0.2, 0.25) is 0 Å². The summed E-state index contributed by atoms with van der Waals surface area (Å²) in [4.78, 5) is 24.5. The zero-order valence-corrected chi connectivity index (χ0v) is 24.4. The summed E-state index contributed by atoms with van der Waals surface area (Å²) in [5.41, 5.74) is 8.90. The van der Waals surface area contributed by atoms with Crippen LogP contribution in [0.15, 0.2) is 30.3 Å². The third-order valence-electron chi connectivity index (χ3n) is 8.00. The van der Waals surface area contributed by atoms with Gasteiger partial charge in [0.05, 0.1) is 24.6 Å². The Morgan fingerprint density at radius 3 is 2.60 bits per heavy atom. The average Bonchev–Trinajstić information content (AvgIpc) is 3.61. The third-order valence-corrected chi connectivity index (χ3v) is 9.06. The maximum Gasteiger partial charge on any atom is 0.329 e. The van der Waals surface area contributed by atoms with Crippen molar-refractivity contribution >= 4 is 43.8 Å². The van der Waals surface area contributed by atoms with E-state index >= 15 is 0 Å². The third kappa shape index (κ3) is 5.06. The van der Waals surface area contributed by atoms with Gasteiger partial charge in [-0.25, -0.2) is 18.4 Å². The number of halogens is 2. The molecule has 1 aliphatic heterocycles. The number of rotatable bonds is 8. The highest BCUT2D eigenvalue weighted by atomic mass is 32.2. The van der Waals surface area contributed by atoms with Crippen LogP contribution >= 0.6 is 0 Å². The first kappa shape index (κ1) is 28.3. The van der Waals surface area contributed by atoms with Crippen molar-refractivity contribution in [2.75, 3.05) is 30.8 Å². The number of nitrogens with two attached hydrogens (primary N) is 1. The maximum atomic E-state index is 13.8. The molecule has 0 unspecified atom stereocenters. The Labute approximate surface area is 241 Å². The molecule has 1 atom stereocenters. The van der Waals surface area contributed by atoms with Crippen LogP contribution in [0, 0.1) is 5.92 Å². The van der Waals surface area contributed by atoms with E-state index in [9.17, 15) is 22.0 Å². The Morgan fingerprint density at radius 1 is 1.19 bits per heavy atom. The summed E-state index contributed by atoms with van der Waals surface area (Å²) in [6.45, 7) is -1.58. The number of likely N-dealkylation sites (tertiary alicyclic amines) is 1. The molecule has 4 heterocycles. The van der Waals surface area contributed by atoms with Crippen LogP contribution in [0.4, 0.5) is 14.6 Å². The number of aryl methyl sites for hydroxylation is 1. The van der Waals surface area contributed by atoms with E-state index in [0.717, 1.165) is 31.9 Å². The molecule has 0 spiro atoms. The summed E-state index contributed by atoms with van der Waals surface area (Å²) in [6.07, 6.45) is 4.50. The molecule has 1 saturated heterocycles. The van der Waals surface area contributed by atoms with Crippen LogP contribution in [-0.2, 0) is 23.6 Å². The first-order valence-electron chi connectivity index (χ1n) is 13.8. The fraction of sp³-hybridized carbons (Fsp3) is 0.464. The van der Waals surface area contributed by atoms with Crippen molar-refractivity contribution in [1.29, 1.82) is 0 Å². The van der Waals surface area contributed by atoms with Crippen LogP contribution < -0.4 is 14.8 Å². The van der Waals surface area contributed by atoms with E-state index < -0.39 is 16.6 Å². The summed E-state index contributed by atoms with van der Waals surface area (Å²) in [5, 5.41) is 0.661. The largest absolute Gasteiger partial charge is 0.494 e. The lowest BCUT2D eigenvalue weighted by molar-refractivity contribution is 0.0708. The lowest BCUT2D eigenvalue weighted by Crippen LogP contribution is -2.45. The summed E-state index contributed by atoms with van der Waals surface area (Å²) >= 11 is 0. The Hall–Kier alpha value is -3.78. The Bertz CT molecular complexity index is 1800. The molecule has 1 aromatic carbocycles. The van der Waals surface area contributed by atoms with Crippen molar-refractivity contribution in [2.24, 2.45) is 18.7 Å². The molecular weight excluding hydrogens is 568 g/mol. The maximum absolute atomic E-state index is 13.8. The number of ether oxygens (including phenoxy) is 1. The van der Waals surface area contributed by atoms with Gasteiger partial charge in [0.15, 0.2) is 5.82 Å². The number of fused-ring (bicyclic) bond motifs is 2. The van der Waals surface area contributed by atoms with Gasteiger partial charge in [-0.15, -0.1) is 0 Å². The number of carbonyl (C=O) groups excluding carboxylic acids is 1. The zero-order valence-electron chi connectivity index (χ0n) is 23.6. The van der Waals surface area contributed by atoms with Crippen molar-refractivity contribution in [3.05, 3.63) is 35.9 Å². The van der Waals surface area contributed by atoms with Gasteiger partial charge in [0.1, 0.15) is 22.7 Å². The minimum Gasteiger partial charge on any atom is -0.494 e. The molecule has 1 saturated carbocycles. The number of hydrogen-bond donors (Lipinski definition) is 1. The normalized spacial score (nSPS) is 17.9. The quantitative estimate of drug-likeness (QED) is 0.306. The topological polar surface area (TPSA) is 129 Å². The molecular formula is C28H33F2N7O4S. The lowest BCUT2D eigenvalue weighted by Gasteiger charge is -2.30. The number of hydrogen-bond acceptors (Lipinski definition) is 7. The van der Waals surface area contributed by atoms with Crippen LogP contribution in [0.1, 0.15) is 36.0 Å². The Balaban J connectivity index is 1.49. The van der Waals surface area contributed by atoms with Crippen LogP contribution in [0.5, 0.6) is 5.75 Å². The highest BCUT2D eigenvalue weighted by Crippen LogP contribution is 2.38. The van der Waals surface area contributed by atoms with Crippen molar-refractivity contribution in [3.8, 4) is 17.3 Å². The molecule has 224 valence electrons. The van der Waals surface area contributed by atoms with Gasteiger partial charge in [0, 0.05) is 43.7 Å². The fourth-order valence-corrected chi connectivity index (χ4v) is 6.51. The van der Waals surface area contributed by atoms with Gasteiger partial charge < -0.3 is 24.5 Å². The molecule has 2 N–H and O–H groups in total. The summed E-state index contributed by atoms with van der Waals surface area (Å²) < 4.78 is 61.4. The molecule has 2 fully saturated rings. The molecule has 3 aromatic heterocycles. The number of benzene rings is 1. The van der Waals surface area contributed by atoms with Crippen molar-refractivity contribution < 1.29 is 26.7 Å². The highest BCUT2D eigenvalue weighted by molar-refractivity contribution is 7.92. The van der Waals surface area contributed by atoms with E-state index in [2.05, 4.69) is 4.98 Å². The number of pyridine rings is 1. The molecule has 6 rings (SSSR count). The number of imidazole rings is 1. The second kappa shape index (κ2) is 10.5. The molecule has 14 heteroatoms. The zero-order chi connectivity index (χ0) is 29.9. The molecule has 11 nitrogen and oxygen atoms in total. The average molecular weight is 602 g/mol. The van der Waals surface area contributed by atoms with E-state index in [1.165, 1.54) is 6.07 Å². The summed E-state index contributed by atoms with van der Waals surface area (Å²) in [5.74, 6) is 0.960. The number of methoxy groups -OCH3 is 1. The van der Waals surface area contributed by atoms with E-state index in [-0.39, 0.29) is 22.1 Å². The van der Waals surface area contributed by atoms with E-state index in [1.54, 1.807) is 30.2 Å². The molecule has 1 amide bonds.